The van der Waals surface area contributed by atoms with Crippen LogP contribution in [0.3, 0.4) is 0 Å². The lowest BCUT2D eigenvalue weighted by Crippen LogP contribution is -2.27. The molecule has 1 saturated heterocycles. The molecule has 2 aromatic rings. The summed E-state index contributed by atoms with van der Waals surface area (Å²) in [5, 5.41) is 0. The minimum Gasteiger partial charge on any atom is -0.490 e. The number of amides is 1. The van der Waals surface area contributed by atoms with Gasteiger partial charge in [0.1, 0.15) is 10.9 Å². The van der Waals surface area contributed by atoms with E-state index in [0.717, 1.165) is 11.1 Å². The Morgan fingerprint density at radius 1 is 1.14 bits per heavy atom. The number of hydrogen-bond donors (Lipinski definition) is 0. The maximum Gasteiger partial charge on any atom is 0.266 e. The largest absolute Gasteiger partial charge is 0.490 e. The molecule has 0 aromatic heterocycles. The summed E-state index contributed by atoms with van der Waals surface area (Å²) in [4.78, 5) is 15.1. The first-order valence-corrected chi connectivity index (χ1v) is 10.1. The molecule has 0 bridgehead atoms. The quantitative estimate of drug-likeness (QED) is 0.345. The molecule has 1 amide bonds. The van der Waals surface area contributed by atoms with E-state index in [1.807, 2.05) is 61.5 Å². The minimum atomic E-state index is -0.0798. The van der Waals surface area contributed by atoms with E-state index >= 15 is 0 Å². The third-order valence-electron chi connectivity index (χ3n) is 3.98. The SMILES string of the molecule is C=CCOc1ccc(/C=C2\SC(=S)N(Cc3ccccc3)C2=O)cc1OCC. The molecule has 1 aliphatic rings. The van der Waals surface area contributed by atoms with Crippen molar-refractivity contribution in [1.29, 1.82) is 0 Å². The van der Waals surface area contributed by atoms with E-state index in [-0.39, 0.29) is 5.91 Å². The van der Waals surface area contributed by atoms with Crippen LogP contribution >= 0.6 is 24.0 Å². The summed E-state index contributed by atoms with van der Waals surface area (Å²) >= 11 is 6.74. The Morgan fingerprint density at radius 3 is 2.64 bits per heavy atom. The van der Waals surface area contributed by atoms with Gasteiger partial charge in [0.05, 0.1) is 18.1 Å². The zero-order chi connectivity index (χ0) is 19.9. The van der Waals surface area contributed by atoms with Gasteiger partial charge in [-0.2, -0.15) is 0 Å². The van der Waals surface area contributed by atoms with Gasteiger partial charge >= 0.3 is 0 Å². The zero-order valence-corrected chi connectivity index (χ0v) is 17.2. The fourth-order valence-electron chi connectivity index (χ4n) is 2.70. The fraction of sp³-hybridized carbons (Fsp3) is 0.182. The van der Waals surface area contributed by atoms with Crippen LogP contribution in [0.2, 0.25) is 0 Å². The molecule has 144 valence electrons. The zero-order valence-electron chi connectivity index (χ0n) is 15.6. The number of ether oxygens (including phenoxy) is 2. The van der Waals surface area contributed by atoms with E-state index < -0.39 is 0 Å². The van der Waals surface area contributed by atoms with Gasteiger partial charge in [0.25, 0.3) is 5.91 Å². The van der Waals surface area contributed by atoms with E-state index in [9.17, 15) is 4.79 Å². The van der Waals surface area contributed by atoms with Crippen molar-refractivity contribution in [3.63, 3.8) is 0 Å². The van der Waals surface area contributed by atoms with E-state index in [2.05, 4.69) is 6.58 Å². The molecule has 0 aliphatic carbocycles. The van der Waals surface area contributed by atoms with Crippen molar-refractivity contribution in [1.82, 2.24) is 4.90 Å². The number of hydrogen-bond acceptors (Lipinski definition) is 5. The van der Waals surface area contributed by atoms with Gasteiger partial charge in [0, 0.05) is 0 Å². The molecular weight excluding hydrogens is 390 g/mol. The molecule has 0 radical (unpaired) electrons. The third kappa shape index (κ3) is 4.82. The van der Waals surface area contributed by atoms with E-state index in [1.165, 1.54) is 11.8 Å². The van der Waals surface area contributed by atoms with Crippen LogP contribution in [0.1, 0.15) is 18.1 Å². The van der Waals surface area contributed by atoms with Gasteiger partial charge in [0.15, 0.2) is 11.5 Å². The monoisotopic (exact) mass is 411 g/mol. The lowest BCUT2D eigenvalue weighted by molar-refractivity contribution is -0.122. The average molecular weight is 412 g/mol. The minimum absolute atomic E-state index is 0.0798. The van der Waals surface area contributed by atoms with Gasteiger partial charge in [-0.15, -0.1) is 0 Å². The number of benzene rings is 2. The van der Waals surface area contributed by atoms with Crippen LogP contribution in [0.15, 0.2) is 66.1 Å². The molecule has 4 nitrogen and oxygen atoms in total. The van der Waals surface area contributed by atoms with Crippen molar-refractivity contribution in [2.45, 2.75) is 13.5 Å². The van der Waals surface area contributed by atoms with Gasteiger partial charge in [-0.3, -0.25) is 9.69 Å². The molecule has 1 aliphatic heterocycles. The summed E-state index contributed by atoms with van der Waals surface area (Å²) in [6.45, 7) is 6.97. The Balaban J connectivity index is 1.81. The highest BCUT2D eigenvalue weighted by Gasteiger charge is 2.32. The maximum absolute atomic E-state index is 12.8. The highest BCUT2D eigenvalue weighted by Crippen LogP contribution is 2.35. The van der Waals surface area contributed by atoms with Crippen molar-refractivity contribution in [3.8, 4) is 11.5 Å². The average Bonchev–Trinajstić information content (AvgIpc) is 2.96. The van der Waals surface area contributed by atoms with Gasteiger partial charge in [-0.25, -0.2) is 0 Å². The van der Waals surface area contributed by atoms with Gasteiger partial charge in [-0.05, 0) is 36.3 Å². The van der Waals surface area contributed by atoms with E-state index in [1.54, 1.807) is 11.0 Å². The molecule has 0 saturated carbocycles. The number of carbonyl (C=O) groups excluding carboxylic acids is 1. The molecule has 0 spiro atoms. The number of carbonyl (C=O) groups is 1. The first-order valence-electron chi connectivity index (χ1n) is 8.92. The normalized spacial score (nSPS) is 15.2. The molecule has 0 N–H and O–H groups in total. The standard InChI is InChI=1S/C22H21NO3S2/c1-3-12-26-18-11-10-17(13-19(18)25-4-2)14-20-21(24)23(22(27)28-20)15-16-8-6-5-7-9-16/h3,5-11,13-14H,1,4,12,15H2,2H3/b20-14-. The summed E-state index contributed by atoms with van der Waals surface area (Å²) in [6.07, 6.45) is 3.52. The molecule has 0 unspecified atom stereocenters. The number of thiocarbonyl (C=S) groups is 1. The fourth-order valence-corrected chi connectivity index (χ4v) is 3.96. The Morgan fingerprint density at radius 2 is 1.93 bits per heavy atom. The Bertz CT molecular complexity index is 909. The van der Waals surface area contributed by atoms with E-state index in [0.29, 0.717) is 40.5 Å². The molecule has 6 heteroatoms. The van der Waals surface area contributed by atoms with Crippen molar-refractivity contribution < 1.29 is 14.3 Å². The second-order valence-electron chi connectivity index (χ2n) is 5.99. The van der Waals surface area contributed by atoms with Crippen molar-refractivity contribution >= 4 is 40.3 Å². The lowest BCUT2D eigenvalue weighted by atomic mass is 10.1. The summed E-state index contributed by atoms with van der Waals surface area (Å²) < 4.78 is 11.9. The first-order chi connectivity index (χ1) is 13.6. The maximum atomic E-state index is 12.8. The van der Waals surface area contributed by atoms with Gasteiger partial charge in [0.2, 0.25) is 0 Å². The Hall–Kier alpha value is -2.57. The Kier molecular flexibility index (Phi) is 6.90. The predicted molar refractivity (Wildman–Crippen MR) is 118 cm³/mol. The van der Waals surface area contributed by atoms with Crippen LogP contribution in [-0.4, -0.2) is 28.3 Å². The van der Waals surface area contributed by atoms with Crippen molar-refractivity contribution in [2.24, 2.45) is 0 Å². The van der Waals surface area contributed by atoms with Crippen LogP contribution < -0.4 is 9.47 Å². The predicted octanol–water partition coefficient (Wildman–Crippen LogP) is 5.05. The van der Waals surface area contributed by atoms with Crippen LogP contribution in [0.4, 0.5) is 0 Å². The summed E-state index contributed by atoms with van der Waals surface area (Å²) in [5.74, 6) is 1.21. The highest BCUT2D eigenvalue weighted by atomic mass is 32.2. The second kappa shape index (κ2) is 9.57. The molecule has 0 atom stereocenters. The molecule has 1 heterocycles. The smallest absolute Gasteiger partial charge is 0.266 e. The van der Waals surface area contributed by atoms with Crippen molar-refractivity contribution in [2.75, 3.05) is 13.2 Å². The first kappa shape index (κ1) is 20.2. The summed E-state index contributed by atoms with van der Waals surface area (Å²) in [5.41, 5.74) is 1.90. The molecule has 3 rings (SSSR count). The van der Waals surface area contributed by atoms with Crippen molar-refractivity contribution in [3.05, 3.63) is 77.2 Å². The van der Waals surface area contributed by atoms with Gasteiger partial charge < -0.3 is 9.47 Å². The molecular formula is C22H21NO3S2. The molecule has 1 fully saturated rings. The van der Waals surface area contributed by atoms with Crippen LogP contribution in [0.5, 0.6) is 11.5 Å². The van der Waals surface area contributed by atoms with E-state index in [4.69, 9.17) is 21.7 Å². The lowest BCUT2D eigenvalue weighted by Gasteiger charge is -2.14. The topological polar surface area (TPSA) is 38.8 Å². The molecule has 2 aromatic carbocycles. The van der Waals surface area contributed by atoms with Crippen LogP contribution in [-0.2, 0) is 11.3 Å². The number of nitrogens with zero attached hydrogens (tertiary/aromatic N) is 1. The summed E-state index contributed by atoms with van der Waals surface area (Å²) in [6, 6.07) is 15.4. The summed E-state index contributed by atoms with van der Waals surface area (Å²) in [7, 11) is 0. The molecule has 28 heavy (non-hydrogen) atoms. The highest BCUT2D eigenvalue weighted by molar-refractivity contribution is 8.26. The Labute approximate surface area is 174 Å². The van der Waals surface area contributed by atoms with Gasteiger partial charge in [-0.1, -0.05) is 73.0 Å². The second-order valence-corrected chi connectivity index (χ2v) is 7.67. The third-order valence-corrected chi connectivity index (χ3v) is 5.36. The number of thioether (sulfide) groups is 1. The van der Waals surface area contributed by atoms with Crippen LogP contribution in [0, 0.1) is 0 Å². The number of rotatable bonds is 8. The van der Waals surface area contributed by atoms with Crippen LogP contribution in [0.25, 0.3) is 6.08 Å².